The maximum Gasteiger partial charge on any atom is 0.290 e. The number of hydrogen-bond donors (Lipinski definition) is 2. The molecule has 2 heterocycles. The van der Waals surface area contributed by atoms with Crippen LogP contribution in [0.15, 0.2) is 87.0 Å². The molecule has 0 spiro atoms. The zero-order chi connectivity index (χ0) is 27.0. The molecule has 0 bridgehead atoms. The van der Waals surface area contributed by atoms with Crippen LogP contribution in [0, 0.1) is 0 Å². The molecule has 0 saturated heterocycles. The molecule has 0 fully saturated rings. The lowest BCUT2D eigenvalue weighted by atomic mass is 9.94. The van der Waals surface area contributed by atoms with Crippen molar-refractivity contribution in [2.45, 2.75) is 19.5 Å². The minimum absolute atomic E-state index is 0.00973. The Hall–Kier alpha value is -4.24. The number of carbonyl (C=O) groups is 2. The van der Waals surface area contributed by atoms with E-state index >= 15 is 0 Å². The Kier molecular flexibility index (Phi) is 6.86. The molecule has 194 valence electrons. The fourth-order valence-electron chi connectivity index (χ4n) is 4.59. The molecule has 1 atom stereocenters. The SMILES string of the molecule is CCOc1cc(C2C(C(=O)c3cc4cc(Br)ccc4o3)=C(O)C(=O)N2Cc2cccc(OC)c2)ccc1O. The molecule has 0 aliphatic carbocycles. The molecule has 0 radical (unpaired) electrons. The lowest BCUT2D eigenvalue weighted by Gasteiger charge is -2.27. The summed E-state index contributed by atoms with van der Waals surface area (Å²) in [6.07, 6.45) is 0. The van der Waals surface area contributed by atoms with Gasteiger partial charge in [-0.25, -0.2) is 0 Å². The summed E-state index contributed by atoms with van der Waals surface area (Å²) in [5.74, 6) is -1.26. The molecule has 5 rings (SSSR count). The number of methoxy groups -OCH3 is 1. The van der Waals surface area contributed by atoms with Crippen LogP contribution in [0.5, 0.6) is 17.2 Å². The topological polar surface area (TPSA) is 109 Å². The van der Waals surface area contributed by atoms with Crippen LogP contribution in [0.4, 0.5) is 0 Å². The number of phenols is 1. The predicted octanol–water partition coefficient (Wildman–Crippen LogP) is 6.09. The zero-order valence-electron chi connectivity index (χ0n) is 20.6. The number of ether oxygens (including phenoxy) is 2. The number of furan rings is 1. The van der Waals surface area contributed by atoms with E-state index in [1.54, 1.807) is 62.6 Å². The second-order valence-electron chi connectivity index (χ2n) is 8.73. The Morgan fingerprint density at radius 1 is 1.08 bits per heavy atom. The van der Waals surface area contributed by atoms with Crippen molar-refractivity contribution in [1.82, 2.24) is 4.90 Å². The van der Waals surface area contributed by atoms with Gasteiger partial charge in [0.15, 0.2) is 23.0 Å². The van der Waals surface area contributed by atoms with Crippen LogP contribution in [-0.4, -0.2) is 40.5 Å². The molecule has 0 saturated carbocycles. The number of carbonyl (C=O) groups excluding carboxylic acids is 2. The molecular formula is C29H24BrNO7. The van der Waals surface area contributed by atoms with E-state index in [2.05, 4.69) is 15.9 Å². The molecule has 1 amide bonds. The molecule has 8 nitrogen and oxygen atoms in total. The summed E-state index contributed by atoms with van der Waals surface area (Å²) in [6, 6.07) is 17.7. The van der Waals surface area contributed by atoms with E-state index in [0.29, 0.717) is 28.9 Å². The van der Waals surface area contributed by atoms with Gasteiger partial charge in [-0.2, -0.15) is 0 Å². The number of amides is 1. The van der Waals surface area contributed by atoms with Crippen molar-refractivity contribution in [3.63, 3.8) is 0 Å². The van der Waals surface area contributed by atoms with E-state index in [1.807, 2.05) is 12.1 Å². The van der Waals surface area contributed by atoms with E-state index < -0.39 is 23.5 Å². The van der Waals surface area contributed by atoms with E-state index in [9.17, 15) is 19.8 Å². The number of rotatable bonds is 8. The van der Waals surface area contributed by atoms with Crippen molar-refractivity contribution < 1.29 is 33.7 Å². The Balaban J connectivity index is 1.62. The summed E-state index contributed by atoms with van der Waals surface area (Å²) in [4.78, 5) is 28.6. The highest BCUT2D eigenvalue weighted by atomic mass is 79.9. The third kappa shape index (κ3) is 4.61. The van der Waals surface area contributed by atoms with Gasteiger partial charge in [-0.05, 0) is 66.6 Å². The standard InChI is InChI=1S/C29H24BrNO7/c1-3-37-23-13-17(7-9-21(23)32)26-25(27(33)24-14-18-12-19(30)8-10-22(18)38-24)28(34)29(35)31(26)15-16-5-4-6-20(11-16)36-2/h4-14,26,32,34H,3,15H2,1-2H3. The molecular weight excluding hydrogens is 554 g/mol. The van der Waals surface area contributed by atoms with Crippen molar-refractivity contribution in [3.05, 3.63) is 99.4 Å². The largest absolute Gasteiger partial charge is 0.504 e. The second-order valence-corrected chi connectivity index (χ2v) is 9.65. The maximum absolute atomic E-state index is 13.8. The molecule has 1 aromatic heterocycles. The van der Waals surface area contributed by atoms with Crippen LogP contribution < -0.4 is 9.47 Å². The molecule has 3 aromatic carbocycles. The number of aliphatic hydroxyl groups is 1. The van der Waals surface area contributed by atoms with E-state index in [4.69, 9.17) is 13.9 Å². The Morgan fingerprint density at radius 3 is 2.66 bits per heavy atom. The summed E-state index contributed by atoms with van der Waals surface area (Å²) in [5.41, 5.74) is 1.59. The van der Waals surface area contributed by atoms with E-state index in [0.717, 1.165) is 10.0 Å². The van der Waals surface area contributed by atoms with Crippen LogP contribution in [0.3, 0.4) is 0 Å². The van der Waals surface area contributed by atoms with Gasteiger partial charge in [-0.3, -0.25) is 9.59 Å². The third-order valence-electron chi connectivity index (χ3n) is 6.34. The number of fused-ring (bicyclic) bond motifs is 1. The molecule has 2 N–H and O–H groups in total. The highest BCUT2D eigenvalue weighted by molar-refractivity contribution is 9.10. The van der Waals surface area contributed by atoms with Crippen LogP contribution >= 0.6 is 15.9 Å². The lowest BCUT2D eigenvalue weighted by Crippen LogP contribution is -2.30. The monoisotopic (exact) mass is 577 g/mol. The van der Waals surface area contributed by atoms with Crippen molar-refractivity contribution in [1.29, 1.82) is 0 Å². The Morgan fingerprint density at radius 2 is 1.89 bits per heavy atom. The minimum Gasteiger partial charge on any atom is -0.504 e. The van der Waals surface area contributed by atoms with Gasteiger partial charge in [0.25, 0.3) is 5.91 Å². The summed E-state index contributed by atoms with van der Waals surface area (Å²) in [7, 11) is 1.55. The molecule has 38 heavy (non-hydrogen) atoms. The molecule has 1 aliphatic rings. The van der Waals surface area contributed by atoms with Crippen molar-refractivity contribution in [3.8, 4) is 17.2 Å². The van der Waals surface area contributed by atoms with Gasteiger partial charge < -0.3 is 29.0 Å². The quantitative estimate of drug-likeness (QED) is 0.244. The Bertz CT molecular complexity index is 1590. The van der Waals surface area contributed by atoms with Gasteiger partial charge in [0.05, 0.1) is 25.3 Å². The second kappa shape index (κ2) is 10.3. The van der Waals surface area contributed by atoms with Crippen LogP contribution in [0.2, 0.25) is 0 Å². The normalized spacial score (nSPS) is 15.4. The minimum atomic E-state index is -0.971. The lowest BCUT2D eigenvalue weighted by molar-refractivity contribution is -0.130. The summed E-state index contributed by atoms with van der Waals surface area (Å²) in [5, 5.41) is 22.0. The van der Waals surface area contributed by atoms with Gasteiger partial charge in [-0.1, -0.05) is 34.1 Å². The maximum atomic E-state index is 13.8. The van der Waals surface area contributed by atoms with Crippen LogP contribution in [-0.2, 0) is 11.3 Å². The summed E-state index contributed by atoms with van der Waals surface area (Å²) in [6.45, 7) is 2.16. The third-order valence-corrected chi connectivity index (χ3v) is 6.83. The van der Waals surface area contributed by atoms with Gasteiger partial charge >= 0.3 is 0 Å². The first-order valence-electron chi connectivity index (χ1n) is 11.9. The van der Waals surface area contributed by atoms with Gasteiger partial charge in [0, 0.05) is 16.4 Å². The van der Waals surface area contributed by atoms with Crippen molar-refractivity contribution in [2.75, 3.05) is 13.7 Å². The number of benzene rings is 3. The van der Waals surface area contributed by atoms with Crippen molar-refractivity contribution in [2.24, 2.45) is 0 Å². The van der Waals surface area contributed by atoms with E-state index in [-0.39, 0.29) is 29.4 Å². The van der Waals surface area contributed by atoms with Gasteiger partial charge in [0.2, 0.25) is 5.78 Å². The predicted molar refractivity (Wildman–Crippen MR) is 143 cm³/mol. The van der Waals surface area contributed by atoms with Crippen molar-refractivity contribution >= 4 is 38.6 Å². The van der Waals surface area contributed by atoms with E-state index in [1.165, 1.54) is 11.0 Å². The first kappa shape index (κ1) is 25.4. The highest BCUT2D eigenvalue weighted by Crippen LogP contribution is 2.43. The highest BCUT2D eigenvalue weighted by Gasteiger charge is 2.44. The van der Waals surface area contributed by atoms with Gasteiger partial charge in [0.1, 0.15) is 11.3 Å². The fourth-order valence-corrected chi connectivity index (χ4v) is 4.97. The molecule has 9 heteroatoms. The number of hydrogen-bond acceptors (Lipinski definition) is 7. The number of aromatic hydroxyl groups is 1. The zero-order valence-corrected chi connectivity index (χ0v) is 22.2. The first-order valence-corrected chi connectivity index (χ1v) is 12.7. The van der Waals surface area contributed by atoms with Crippen LogP contribution in [0.1, 0.15) is 34.6 Å². The molecule has 1 unspecified atom stereocenters. The first-order chi connectivity index (χ1) is 18.3. The number of Topliss-reactive ketones (excluding diaryl/α,β-unsaturated/α-hetero) is 1. The molecule has 4 aromatic rings. The Labute approximate surface area is 226 Å². The number of nitrogens with zero attached hydrogens (tertiary/aromatic N) is 1. The van der Waals surface area contributed by atoms with Crippen LogP contribution in [0.25, 0.3) is 11.0 Å². The number of aliphatic hydroxyl groups excluding tert-OH is 1. The number of phenolic OH excluding ortho intramolecular Hbond substituents is 1. The number of halogens is 1. The fraction of sp³-hybridized carbons (Fsp3) is 0.172. The average Bonchev–Trinajstić information content (AvgIpc) is 3.44. The van der Waals surface area contributed by atoms with Gasteiger partial charge in [-0.15, -0.1) is 0 Å². The summed E-state index contributed by atoms with van der Waals surface area (Å²) < 4.78 is 17.5. The smallest absolute Gasteiger partial charge is 0.290 e. The summed E-state index contributed by atoms with van der Waals surface area (Å²) >= 11 is 3.41. The number of ketones is 1. The average molecular weight is 578 g/mol. The molecule has 1 aliphatic heterocycles.